The van der Waals surface area contributed by atoms with Crippen molar-refractivity contribution in [1.82, 2.24) is 0 Å². The molecule has 4 nitrogen and oxygen atoms in total. The number of aryl methyl sites for hydroxylation is 1. The molecule has 2 aromatic rings. The second-order valence-electron chi connectivity index (χ2n) is 4.92. The summed E-state index contributed by atoms with van der Waals surface area (Å²) in [6.45, 7) is 4.14. The molecular formula is C18H21IO4. The highest BCUT2D eigenvalue weighted by Gasteiger charge is 2.01. The van der Waals surface area contributed by atoms with Gasteiger partial charge in [-0.2, -0.15) is 0 Å². The van der Waals surface area contributed by atoms with Gasteiger partial charge in [-0.1, -0.05) is 12.1 Å². The van der Waals surface area contributed by atoms with Gasteiger partial charge in [0.1, 0.15) is 30.5 Å². The van der Waals surface area contributed by atoms with Crippen molar-refractivity contribution >= 4 is 22.6 Å². The molecule has 0 unspecified atom stereocenters. The first-order valence-corrected chi connectivity index (χ1v) is 8.50. The van der Waals surface area contributed by atoms with E-state index in [-0.39, 0.29) is 0 Å². The summed E-state index contributed by atoms with van der Waals surface area (Å²) in [5.41, 5.74) is 1.23. The maximum absolute atomic E-state index is 5.70. The van der Waals surface area contributed by atoms with Gasteiger partial charge >= 0.3 is 0 Å². The van der Waals surface area contributed by atoms with E-state index in [4.69, 9.17) is 18.9 Å². The van der Waals surface area contributed by atoms with Crippen LogP contribution in [0.25, 0.3) is 0 Å². The number of benzene rings is 2. The number of hydrogen-bond acceptors (Lipinski definition) is 4. The fourth-order valence-electron chi connectivity index (χ4n) is 1.94. The van der Waals surface area contributed by atoms with E-state index in [0.29, 0.717) is 26.4 Å². The number of methoxy groups -OCH3 is 1. The zero-order chi connectivity index (χ0) is 16.5. The van der Waals surface area contributed by atoms with Crippen molar-refractivity contribution in [3.63, 3.8) is 0 Å². The van der Waals surface area contributed by atoms with Gasteiger partial charge in [-0.05, 0) is 59.3 Å². The van der Waals surface area contributed by atoms with Gasteiger partial charge in [0.15, 0.2) is 0 Å². The lowest BCUT2D eigenvalue weighted by Gasteiger charge is -2.10. The summed E-state index contributed by atoms with van der Waals surface area (Å²) in [4.78, 5) is 0. The lowest BCUT2D eigenvalue weighted by Crippen LogP contribution is -2.12. The summed E-state index contributed by atoms with van der Waals surface area (Å²) in [6, 6.07) is 13.6. The molecule has 2 rings (SSSR count). The number of hydrogen-bond donors (Lipinski definition) is 0. The Bertz CT molecular complexity index is 616. The van der Waals surface area contributed by atoms with Crippen molar-refractivity contribution in [3.05, 3.63) is 51.6 Å². The normalized spacial score (nSPS) is 10.4. The molecule has 0 amide bonds. The van der Waals surface area contributed by atoms with E-state index < -0.39 is 0 Å². The number of halogens is 1. The molecule has 124 valence electrons. The van der Waals surface area contributed by atoms with Crippen LogP contribution in [-0.2, 0) is 4.74 Å². The van der Waals surface area contributed by atoms with E-state index in [9.17, 15) is 0 Å². The Morgan fingerprint density at radius 1 is 0.870 bits per heavy atom. The number of rotatable bonds is 9. The van der Waals surface area contributed by atoms with E-state index in [2.05, 4.69) is 35.6 Å². The maximum atomic E-state index is 5.70. The van der Waals surface area contributed by atoms with Gasteiger partial charge in [0, 0.05) is 6.07 Å². The summed E-state index contributed by atoms with van der Waals surface area (Å²) < 4.78 is 23.1. The largest absolute Gasteiger partial charge is 0.497 e. The minimum absolute atomic E-state index is 0.495. The fourth-order valence-corrected chi connectivity index (χ4v) is 2.77. The fraction of sp³-hybridized carbons (Fsp3) is 0.333. The molecule has 0 atom stereocenters. The average molecular weight is 428 g/mol. The summed E-state index contributed by atoms with van der Waals surface area (Å²) in [6.07, 6.45) is 0. The zero-order valence-electron chi connectivity index (χ0n) is 13.4. The smallest absolute Gasteiger partial charge is 0.132 e. The van der Waals surface area contributed by atoms with E-state index in [1.54, 1.807) is 7.11 Å². The highest BCUT2D eigenvalue weighted by Crippen LogP contribution is 2.21. The van der Waals surface area contributed by atoms with Crippen LogP contribution >= 0.6 is 22.6 Å². The molecule has 0 saturated heterocycles. The monoisotopic (exact) mass is 428 g/mol. The molecule has 0 bridgehead atoms. The second kappa shape index (κ2) is 9.62. The molecule has 0 spiro atoms. The first kappa shape index (κ1) is 17.9. The van der Waals surface area contributed by atoms with Crippen LogP contribution in [0, 0.1) is 10.5 Å². The highest BCUT2D eigenvalue weighted by atomic mass is 127. The van der Waals surface area contributed by atoms with E-state index in [1.807, 2.05) is 36.4 Å². The third-order valence-electron chi connectivity index (χ3n) is 3.11. The van der Waals surface area contributed by atoms with Crippen molar-refractivity contribution in [2.75, 3.05) is 33.5 Å². The molecule has 0 radical (unpaired) electrons. The van der Waals surface area contributed by atoms with Crippen LogP contribution in [0.2, 0.25) is 0 Å². The summed E-state index contributed by atoms with van der Waals surface area (Å²) >= 11 is 2.28. The third-order valence-corrected chi connectivity index (χ3v) is 3.95. The van der Waals surface area contributed by atoms with Gasteiger partial charge in [0.2, 0.25) is 0 Å². The Hall–Kier alpha value is -1.47. The van der Waals surface area contributed by atoms with Crippen LogP contribution in [0.15, 0.2) is 42.5 Å². The minimum Gasteiger partial charge on any atom is -0.497 e. The molecule has 0 N–H and O–H groups in total. The van der Waals surface area contributed by atoms with E-state index >= 15 is 0 Å². The van der Waals surface area contributed by atoms with Crippen LogP contribution in [0.4, 0.5) is 0 Å². The first-order chi connectivity index (χ1) is 11.2. The molecule has 0 fully saturated rings. The van der Waals surface area contributed by atoms with E-state index in [1.165, 1.54) is 5.56 Å². The predicted octanol–water partition coefficient (Wildman–Crippen LogP) is 4.08. The van der Waals surface area contributed by atoms with Gasteiger partial charge in [-0.15, -0.1) is 0 Å². The van der Waals surface area contributed by atoms with Gasteiger partial charge in [-0.3, -0.25) is 0 Å². The van der Waals surface area contributed by atoms with Crippen LogP contribution in [0.3, 0.4) is 0 Å². The Kier molecular flexibility index (Phi) is 7.48. The first-order valence-electron chi connectivity index (χ1n) is 7.42. The standard InChI is InChI=1S/C18H21IO4/c1-14-6-7-18(17(19)12-14)23-11-9-21-8-10-22-16-5-3-4-15(13-16)20-2/h3-7,12-13H,8-11H2,1-2H3. The summed E-state index contributed by atoms with van der Waals surface area (Å²) in [7, 11) is 1.64. The van der Waals surface area contributed by atoms with Crippen molar-refractivity contribution in [2.24, 2.45) is 0 Å². The molecule has 5 heteroatoms. The Morgan fingerprint density at radius 2 is 1.61 bits per heavy atom. The molecule has 0 aromatic heterocycles. The van der Waals surface area contributed by atoms with Gasteiger partial charge in [0.25, 0.3) is 0 Å². The molecule has 23 heavy (non-hydrogen) atoms. The lowest BCUT2D eigenvalue weighted by atomic mass is 10.2. The van der Waals surface area contributed by atoms with Gasteiger partial charge < -0.3 is 18.9 Å². The average Bonchev–Trinajstić information content (AvgIpc) is 2.56. The molecule has 0 heterocycles. The van der Waals surface area contributed by atoms with Crippen LogP contribution in [-0.4, -0.2) is 33.5 Å². The Labute approximate surface area is 150 Å². The van der Waals surface area contributed by atoms with Crippen molar-refractivity contribution < 1.29 is 18.9 Å². The zero-order valence-corrected chi connectivity index (χ0v) is 15.5. The second-order valence-corrected chi connectivity index (χ2v) is 6.08. The quantitative estimate of drug-likeness (QED) is 0.446. The maximum Gasteiger partial charge on any atom is 0.132 e. The molecule has 2 aromatic carbocycles. The number of ether oxygens (including phenoxy) is 4. The van der Waals surface area contributed by atoms with Gasteiger partial charge in [-0.25, -0.2) is 0 Å². The SMILES string of the molecule is COc1cccc(OCCOCCOc2ccc(C)cc2I)c1. The summed E-state index contributed by atoms with van der Waals surface area (Å²) in [5, 5.41) is 0. The molecule has 0 saturated carbocycles. The van der Waals surface area contributed by atoms with E-state index in [0.717, 1.165) is 20.8 Å². The minimum atomic E-state index is 0.495. The van der Waals surface area contributed by atoms with Gasteiger partial charge in [0.05, 0.1) is 23.9 Å². The summed E-state index contributed by atoms with van der Waals surface area (Å²) in [5.74, 6) is 2.45. The topological polar surface area (TPSA) is 36.9 Å². The molecular weight excluding hydrogens is 407 g/mol. The molecule has 0 aliphatic rings. The van der Waals surface area contributed by atoms with Crippen LogP contribution in [0.5, 0.6) is 17.2 Å². The third kappa shape index (κ3) is 6.27. The Balaban J connectivity index is 1.59. The Morgan fingerprint density at radius 3 is 2.35 bits per heavy atom. The van der Waals surface area contributed by atoms with Crippen LogP contribution < -0.4 is 14.2 Å². The van der Waals surface area contributed by atoms with Crippen molar-refractivity contribution in [3.8, 4) is 17.2 Å². The van der Waals surface area contributed by atoms with Crippen molar-refractivity contribution in [1.29, 1.82) is 0 Å². The molecule has 0 aliphatic carbocycles. The predicted molar refractivity (Wildman–Crippen MR) is 98.7 cm³/mol. The highest BCUT2D eigenvalue weighted by molar-refractivity contribution is 14.1. The van der Waals surface area contributed by atoms with Crippen molar-refractivity contribution in [2.45, 2.75) is 6.92 Å². The lowest BCUT2D eigenvalue weighted by molar-refractivity contribution is 0.0762. The van der Waals surface area contributed by atoms with Crippen LogP contribution in [0.1, 0.15) is 5.56 Å². The molecule has 0 aliphatic heterocycles.